The number of primary amides is 1. The fourth-order valence-electron chi connectivity index (χ4n) is 2.37. The highest BCUT2D eigenvalue weighted by Gasteiger charge is 2.20. The number of imidazole rings is 1. The summed E-state index contributed by atoms with van der Waals surface area (Å²) in [5.74, 6) is -0.802. The minimum absolute atomic E-state index is 0.0926. The fraction of sp³-hybridized carbons (Fsp3) is 0.167. The van der Waals surface area contributed by atoms with E-state index in [0.717, 1.165) is 5.56 Å². The Labute approximate surface area is 149 Å². The third-order valence-electron chi connectivity index (χ3n) is 3.62. The maximum atomic E-state index is 12.2. The van der Waals surface area contributed by atoms with Crippen LogP contribution in [-0.2, 0) is 4.74 Å². The number of azo groups is 1. The standard InChI is InChI=1S/C18H17N5O3/c1-3-26-18(25)15-17(23-10-11(2)4-9-14(23)20-15)22-21-13-7-5-12(6-8-13)16(19)24/h4-10H,3H2,1-2H3,(H2,19,24). The lowest BCUT2D eigenvalue weighted by molar-refractivity contribution is 0.0521. The lowest BCUT2D eigenvalue weighted by Crippen LogP contribution is -2.10. The number of amides is 1. The highest BCUT2D eigenvalue weighted by molar-refractivity contribution is 5.93. The van der Waals surface area contributed by atoms with Crippen LogP contribution in [0.25, 0.3) is 5.65 Å². The Morgan fingerprint density at radius 3 is 2.54 bits per heavy atom. The van der Waals surface area contributed by atoms with Crippen molar-refractivity contribution in [1.82, 2.24) is 9.38 Å². The molecule has 3 rings (SSSR count). The quantitative estimate of drug-likeness (QED) is 0.561. The summed E-state index contributed by atoms with van der Waals surface area (Å²) in [5, 5.41) is 8.33. The molecule has 26 heavy (non-hydrogen) atoms. The van der Waals surface area contributed by atoms with Gasteiger partial charge in [0.15, 0.2) is 11.5 Å². The lowest BCUT2D eigenvalue weighted by Gasteiger charge is -2.00. The van der Waals surface area contributed by atoms with Gasteiger partial charge >= 0.3 is 5.97 Å². The summed E-state index contributed by atoms with van der Waals surface area (Å²) in [6, 6.07) is 10.0. The SMILES string of the molecule is CCOC(=O)c1nc2ccc(C)cn2c1N=Nc1ccc(C(N)=O)cc1. The third-order valence-corrected chi connectivity index (χ3v) is 3.62. The maximum absolute atomic E-state index is 12.2. The molecule has 2 aromatic heterocycles. The molecule has 0 bridgehead atoms. The zero-order valence-corrected chi connectivity index (χ0v) is 14.3. The Morgan fingerprint density at radius 2 is 1.88 bits per heavy atom. The monoisotopic (exact) mass is 351 g/mol. The van der Waals surface area contributed by atoms with Gasteiger partial charge in [-0.1, -0.05) is 6.07 Å². The first-order valence-electron chi connectivity index (χ1n) is 7.97. The number of ether oxygens (including phenoxy) is 1. The predicted molar refractivity (Wildman–Crippen MR) is 95.0 cm³/mol. The first kappa shape index (κ1) is 17.3. The predicted octanol–water partition coefficient (Wildman–Crippen LogP) is 3.33. The summed E-state index contributed by atoms with van der Waals surface area (Å²) in [5.41, 5.74) is 7.74. The van der Waals surface area contributed by atoms with Crippen LogP contribution in [0.4, 0.5) is 11.5 Å². The number of esters is 1. The molecule has 0 saturated heterocycles. The molecule has 132 valence electrons. The van der Waals surface area contributed by atoms with E-state index in [1.54, 1.807) is 41.7 Å². The molecule has 1 amide bonds. The highest BCUT2D eigenvalue weighted by atomic mass is 16.5. The smallest absolute Gasteiger partial charge is 0.360 e. The number of hydrogen-bond donors (Lipinski definition) is 1. The van der Waals surface area contributed by atoms with Gasteiger partial charge in [-0.2, -0.15) is 0 Å². The molecule has 0 saturated carbocycles. The maximum Gasteiger partial charge on any atom is 0.360 e. The van der Waals surface area contributed by atoms with E-state index in [0.29, 0.717) is 16.9 Å². The van der Waals surface area contributed by atoms with Crippen LogP contribution >= 0.6 is 0 Å². The van der Waals surface area contributed by atoms with E-state index >= 15 is 0 Å². The van der Waals surface area contributed by atoms with E-state index in [9.17, 15) is 9.59 Å². The van der Waals surface area contributed by atoms with Gasteiger partial charge < -0.3 is 10.5 Å². The normalized spacial score (nSPS) is 11.2. The number of aryl methyl sites for hydroxylation is 1. The van der Waals surface area contributed by atoms with Gasteiger partial charge in [0.05, 0.1) is 12.3 Å². The van der Waals surface area contributed by atoms with Gasteiger partial charge in [0, 0.05) is 11.8 Å². The van der Waals surface area contributed by atoms with Crippen LogP contribution in [0.2, 0.25) is 0 Å². The second-order valence-corrected chi connectivity index (χ2v) is 5.55. The highest BCUT2D eigenvalue weighted by Crippen LogP contribution is 2.25. The summed E-state index contributed by atoms with van der Waals surface area (Å²) in [7, 11) is 0. The molecule has 0 fully saturated rings. The van der Waals surface area contributed by atoms with Gasteiger partial charge in [-0.05, 0) is 49.7 Å². The van der Waals surface area contributed by atoms with Crippen molar-refractivity contribution >= 4 is 29.0 Å². The molecule has 2 N–H and O–H groups in total. The van der Waals surface area contributed by atoms with Crippen LogP contribution < -0.4 is 5.73 Å². The molecule has 0 spiro atoms. The molecule has 3 aromatic rings. The topological polar surface area (TPSA) is 111 Å². The average molecular weight is 351 g/mol. The summed E-state index contributed by atoms with van der Waals surface area (Å²) in [4.78, 5) is 27.6. The van der Waals surface area contributed by atoms with E-state index in [4.69, 9.17) is 10.5 Å². The van der Waals surface area contributed by atoms with Crippen LogP contribution in [0.5, 0.6) is 0 Å². The van der Waals surface area contributed by atoms with Crippen LogP contribution in [0.3, 0.4) is 0 Å². The number of carbonyl (C=O) groups is 2. The van der Waals surface area contributed by atoms with Crippen molar-refractivity contribution in [1.29, 1.82) is 0 Å². The number of fused-ring (bicyclic) bond motifs is 1. The van der Waals surface area contributed by atoms with Crippen molar-refractivity contribution in [3.05, 3.63) is 59.4 Å². The molecule has 0 aliphatic heterocycles. The Hall–Kier alpha value is -3.55. The van der Waals surface area contributed by atoms with Crippen molar-refractivity contribution in [2.75, 3.05) is 6.61 Å². The minimum Gasteiger partial charge on any atom is -0.461 e. The fourth-order valence-corrected chi connectivity index (χ4v) is 2.37. The average Bonchev–Trinajstić information content (AvgIpc) is 2.98. The van der Waals surface area contributed by atoms with E-state index in [1.165, 1.54) is 0 Å². The van der Waals surface area contributed by atoms with Gasteiger partial charge in [-0.25, -0.2) is 9.78 Å². The van der Waals surface area contributed by atoms with Gasteiger partial charge in [0.1, 0.15) is 5.65 Å². The number of pyridine rings is 1. The number of hydrogen-bond acceptors (Lipinski definition) is 6. The zero-order valence-electron chi connectivity index (χ0n) is 14.3. The largest absolute Gasteiger partial charge is 0.461 e. The third kappa shape index (κ3) is 3.44. The summed E-state index contributed by atoms with van der Waals surface area (Å²) in [6.45, 7) is 3.88. The summed E-state index contributed by atoms with van der Waals surface area (Å²) < 4.78 is 6.74. The van der Waals surface area contributed by atoms with E-state index in [-0.39, 0.29) is 18.1 Å². The first-order chi connectivity index (χ1) is 12.5. The molecule has 0 aliphatic carbocycles. The Bertz CT molecular complexity index is 1010. The van der Waals surface area contributed by atoms with Crippen LogP contribution in [0.15, 0.2) is 52.8 Å². The molecule has 0 unspecified atom stereocenters. The Kier molecular flexibility index (Phi) is 4.74. The molecule has 0 atom stereocenters. The second-order valence-electron chi connectivity index (χ2n) is 5.55. The number of rotatable bonds is 5. The molecule has 2 heterocycles. The minimum atomic E-state index is -0.563. The Balaban J connectivity index is 2.04. The lowest BCUT2D eigenvalue weighted by atomic mass is 10.2. The van der Waals surface area contributed by atoms with E-state index in [2.05, 4.69) is 15.2 Å². The molecule has 0 radical (unpaired) electrons. The van der Waals surface area contributed by atoms with Crippen LogP contribution in [-0.4, -0.2) is 27.9 Å². The molecule has 8 nitrogen and oxygen atoms in total. The molecule has 8 heteroatoms. The van der Waals surface area contributed by atoms with Gasteiger partial charge in [0.2, 0.25) is 5.91 Å². The van der Waals surface area contributed by atoms with E-state index < -0.39 is 11.9 Å². The van der Waals surface area contributed by atoms with Crippen molar-refractivity contribution in [2.24, 2.45) is 16.0 Å². The number of carbonyl (C=O) groups excluding carboxylic acids is 2. The number of nitrogens with two attached hydrogens (primary N) is 1. The second kappa shape index (κ2) is 7.14. The van der Waals surface area contributed by atoms with Crippen LogP contribution in [0, 0.1) is 6.92 Å². The summed E-state index contributed by atoms with van der Waals surface area (Å²) in [6.07, 6.45) is 1.82. The number of nitrogens with zero attached hydrogens (tertiary/aromatic N) is 4. The number of benzene rings is 1. The van der Waals surface area contributed by atoms with Crippen molar-refractivity contribution in [3.63, 3.8) is 0 Å². The number of aromatic nitrogens is 2. The van der Waals surface area contributed by atoms with E-state index in [1.807, 2.05) is 19.2 Å². The zero-order chi connectivity index (χ0) is 18.7. The molecular formula is C18H17N5O3. The van der Waals surface area contributed by atoms with Crippen molar-refractivity contribution < 1.29 is 14.3 Å². The van der Waals surface area contributed by atoms with Crippen molar-refractivity contribution in [2.45, 2.75) is 13.8 Å². The van der Waals surface area contributed by atoms with Gasteiger partial charge in [0.25, 0.3) is 0 Å². The Morgan fingerprint density at radius 1 is 1.15 bits per heavy atom. The molecule has 0 aliphatic rings. The first-order valence-corrected chi connectivity index (χ1v) is 7.97. The van der Waals surface area contributed by atoms with Crippen molar-refractivity contribution in [3.8, 4) is 0 Å². The van der Waals surface area contributed by atoms with Gasteiger partial charge in [-0.15, -0.1) is 10.2 Å². The van der Waals surface area contributed by atoms with Gasteiger partial charge in [-0.3, -0.25) is 9.20 Å². The summed E-state index contributed by atoms with van der Waals surface area (Å²) >= 11 is 0. The molecular weight excluding hydrogens is 334 g/mol. The van der Waals surface area contributed by atoms with Crippen LogP contribution in [0.1, 0.15) is 33.3 Å². The molecule has 1 aromatic carbocycles.